The molecule has 1 aromatic carbocycles. The Morgan fingerprint density at radius 2 is 1.88 bits per heavy atom. The van der Waals surface area contributed by atoms with Gasteiger partial charge in [0, 0.05) is 25.8 Å². The number of aromatic nitrogens is 2. The Morgan fingerprint density at radius 1 is 1.08 bits per heavy atom. The molecular formula is C18H24N4O3. The highest BCUT2D eigenvalue weighted by Crippen LogP contribution is 2.27. The van der Waals surface area contributed by atoms with Gasteiger partial charge in [0.2, 0.25) is 0 Å². The van der Waals surface area contributed by atoms with Gasteiger partial charge in [-0.05, 0) is 30.5 Å². The topological polar surface area (TPSA) is 77.5 Å². The van der Waals surface area contributed by atoms with Crippen molar-refractivity contribution in [2.75, 3.05) is 38.0 Å². The van der Waals surface area contributed by atoms with E-state index in [1.54, 1.807) is 20.5 Å². The molecule has 2 heterocycles. The van der Waals surface area contributed by atoms with Gasteiger partial charge in [0.15, 0.2) is 11.5 Å². The first kappa shape index (κ1) is 17.3. The zero-order chi connectivity index (χ0) is 17.5. The molecule has 25 heavy (non-hydrogen) atoms. The van der Waals surface area contributed by atoms with Crippen LogP contribution in [0.5, 0.6) is 11.5 Å². The zero-order valence-electron chi connectivity index (χ0n) is 14.6. The number of nitrogens with zero attached hydrogens (tertiary/aromatic N) is 2. The molecule has 1 saturated heterocycles. The van der Waals surface area contributed by atoms with Crippen LogP contribution in [0.25, 0.3) is 0 Å². The molecule has 1 aliphatic rings. The van der Waals surface area contributed by atoms with E-state index in [9.17, 15) is 0 Å². The lowest BCUT2D eigenvalue weighted by molar-refractivity contribution is 0.120. The normalized spacial score (nSPS) is 16.5. The van der Waals surface area contributed by atoms with Gasteiger partial charge >= 0.3 is 0 Å². The maximum Gasteiger partial charge on any atom is 0.161 e. The lowest BCUT2D eigenvalue weighted by Crippen LogP contribution is -2.19. The first-order valence-electron chi connectivity index (χ1n) is 8.41. The quantitative estimate of drug-likeness (QED) is 0.762. The second-order valence-corrected chi connectivity index (χ2v) is 5.85. The number of hydrogen-bond acceptors (Lipinski definition) is 7. The van der Waals surface area contributed by atoms with Crippen molar-refractivity contribution < 1.29 is 14.2 Å². The number of rotatable bonds is 8. The standard InChI is InChI=1S/C18H24N4O3/c1-23-15-6-5-13(8-16(15)24-2)10-19-17-9-18(22-12-21-17)20-11-14-4-3-7-25-14/h5-6,8-9,12,14H,3-4,7,10-11H2,1-2H3,(H2,19,20,21,22). The van der Waals surface area contributed by atoms with Crippen LogP contribution in [0.2, 0.25) is 0 Å². The maximum absolute atomic E-state index is 5.61. The summed E-state index contributed by atoms with van der Waals surface area (Å²) in [6.45, 7) is 2.25. The molecule has 7 heteroatoms. The summed E-state index contributed by atoms with van der Waals surface area (Å²) < 4.78 is 16.2. The molecule has 0 saturated carbocycles. The van der Waals surface area contributed by atoms with Crippen molar-refractivity contribution in [3.63, 3.8) is 0 Å². The van der Waals surface area contributed by atoms with Crippen LogP contribution in [0.15, 0.2) is 30.6 Å². The van der Waals surface area contributed by atoms with E-state index in [-0.39, 0.29) is 6.10 Å². The molecule has 3 rings (SSSR count). The fraction of sp³-hybridized carbons (Fsp3) is 0.444. The van der Waals surface area contributed by atoms with Gasteiger partial charge < -0.3 is 24.8 Å². The molecule has 0 spiro atoms. The Balaban J connectivity index is 1.56. The van der Waals surface area contributed by atoms with Gasteiger partial charge in [-0.25, -0.2) is 9.97 Å². The van der Waals surface area contributed by atoms with E-state index in [4.69, 9.17) is 14.2 Å². The molecule has 0 bridgehead atoms. The summed E-state index contributed by atoms with van der Waals surface area (Å²) in [5.41, 5.74) is 1.07. The van der Waals surface area contributed by atoms with E-state index in [0.29, 0.717) is 18.0 Å². The predicted molar refractivity (Wildman–Crippen MR) is 96.4 cm³/mol. The molecule has 1 aliphatic heterocycles. The first-order chi connectivity index (χ1) is 12.3. The maximum atomic E-state index is 5.61. The molecule has 0 radical (unpaired) electrons. The summed E-state index contributed by atoms with van der Waals surface area (Å²) in [5.74, 6) is 2.98. The fourth-order valence-corrected chi connectivity index (χ4v) is 2.76. The van der Waals surface area contributed by atoms with Gasteiger partial charge in [0.25, 0.3) is 0 Å². The summed E-state index contributed by atoms with van der Waals surface area (Å²) >= 11 is 0. The summed E-state index contributed by atoms with van der Waals surface area (Å²) in [7, 11) is 3.26. The van der Waals surface area contributed by atoms with E-state index in [1.807, 2.05) is 24.3 Å². The highest BCUT2D eigenvalue weighted by molar-refractivity contribution is 5.48. The van der Waals surface area contributed by atoms with E-state index >= 15 is 0 Å². The summed E-state index contributed by atoms with van der Waals surface area (Å²) in [6, 6.07) is 7.73. The van der Waals surface area contributed by atoms with Gasteiger partial charge in [0.05, 0.1) is 20.3 Å². The molecule has 134 valence electrons. The number of anilines is 2. The highest BCUT2D eigenvalue weighted by atomic mass is 16.5. The third kappa shape index (κ3) is 4.73. The van der Waals surface area contributed by atoms with Crippen LogP contribution < -0.4 is 20.1 Å². The molecule has 7 nitrogen and oxygen atoms in total. The second kappa shape index (κ2) is 8.53. The van der Waals surface area contributed by atoms with Gasteiger partial charge in [-0.15, -0.1) is 0 Å². The third-order valence-electron chi connectivity index (χ3n) is 4.12. The Labute approximate surface area is 147 Å². The zero-order valence-corrected chi connectivity index (χ0v) is 14.6. The average Bonchev–Trinajstić information content (AvgIpc) is 3.18. The van der Waals surface area contributed by atoms with Crippen LogP contribution >= 0.6 is 0 Å². The smallest absolute Gasteiger partial charge is 0.161 e. The van der Waals surface area contributed by atoms with Crippen LogP contribution in [0.1, 0.15) is 18.4 Å². The van der Waals surface area contributed by atoms with Crippen molar-refractivity contribution in [2.45, 2.75) is 25.5 Å². The van der Waals surface area contributed by atoms with E-state index in [2.05, 4.69) is 20.6 Å². The van der Waals surface area contributed by atoms with Gasteiger partial charge in [0.1, 0.15) is 18.0 Å². The first-order valence-corrected chi connectivity index (χ1v) is 8.41. The molecule has 2 aromatic rings. The van der Waals surface area contributed by atoms with Crippen molar-refractivity contribution in [2.24, 2.45) is 0 Å². The van der Waals surface area contributed by atoms with Crippen molar-refractivity contribution in [3.8, 4) is 11.5 Å². The SMILES string of the molecule is COc1ccc(CNc2cc(NCC3CCCO3)ncn2)cc1OC. The van der Waals surface area contributed by atoms with Gasteiger partial charge in [-0.3, -0.25) is 0 Å². The number of ether oxygens (including phenoxy) is 3. The molecule has 0 aliphatic carbocycles. The van der Waals surface area contributed by atoms with E-state index < -0.39 is 0 Å². The van der Waals surface area contributed by atoms with Crippen LogP contribution in [0.4, 0.5) is 11.6 Å². The van der Waals surface area contributed by atoms with Crippen LogP contribution in [-0.2, 0) is 11.3 Å². The monoisotopic (exact) mass is 344 g/mol. The third-order valence-corrected chi connectivity index (χ3v) is 4.12. The fourth-order valence-electron chi connectivity index (χ4n) is 2.76. The molecule has 0 amide bonds. The average molecular weight is 344 g/mol. The summed E-state index contributed by atoms with van der Waals surface area (Å²) in [4.78, 5) is 8.51. The van der Waals surface area contributed by atoms with Crippen molar-refractivity contribution in [1.82, 2.24) is 9.97 Å². The lowest BCUT2D eigenvalue weighted by atomic mass is 10.2. The minimum atomic E-state index is 0.276. The second-order valence-electron chi connectivity index (χ2n) is 5.85. The van der Waals surface area contributed by atoms with Crippen LogP contribution in [-0.4, -0.2) is 43.4 Å². The summed E-state index contributed by atoms with van der Waals surface area (Å²) in [6.07, 6.45) is 4.06. The van der Waals surface area contributed by atoms with Crippen molar-refractivity contribution in [1.29, 1.82) is 0 Å². The summed E-state index contributed by atoms with van der Waals surface area (Å²) in [5, 5.41) is 6.61. The van der Waals surface area contributed by atoms with Crippen molar-refractivity contribution >= 4 is 11.6 Å². The lowest BCUT2D eigenvalue weighted by Gasteiger charge is -2.13. The largest absolute Gasteiger partial charge is 0.493 e. The predicted octanol–water partition coefficient (Wildman–Crippen LogP) is 2.70. The highest BCUT2D eigenvalue weighted by Gasteiger charge is 2.15. The molecule has 1 unspecified atom stereocenters. The number of hydrogen-bond donors (Lipinski definition) is 2. The van der Waals surface area contributed by atoms with Crippen LogP contribution in [0, 0.1) is 0 Å². The Hall–Kier alpha value is -2.54. The minimum Gasteiger partial charge on any atom is -0.493 e. The molecular weight excluding hydrogens is 320 g/mol. The van der Waals surface area contributed by atoms with Crippen molar-refractivity contribution in [3.05, 3.63) is 36.2 Å². The van der Waals surface area contributed by atoms with E-state index in [0.717, 1.165) is 43.2 Å². The van der Waals surface area contributed by atoms with Crippen LogP contribution in [0.3, 0.4) is 0 Å². The number of methoxy groups -OCH3 is 2. The number of nitrogens with one attached hydrogen (secondary N) is 2. The Bertz CT molecular complexity index is 690. The Morgan fingerprint density at radius 3 is 2.60 bits per heavy atom. The van der Waals surface area contributed by atoms with Gasteiger partial charge in [-0.1, -0.05) is 6.07 Å². The number of benzene rings is 1. The molecule has 2 N–H and O–H groups in total. The molecule has 1 atom stereocenters. The molecule has 1 fully saturated rings. The minimum absolute atomic E-state index is 0.276. The van der Waals surface area contributed by atoms with Gasteiger partial charge in [-0.2, -0.15) is 0 Å². The Kier molecular flexibility index (Phi) is 5.90. The van der Waals surface area contributed by atoms with E-state index in [1.165, 1.54) is 0 Å². The molecule has 1 aromatic heterocycles.